The van der Waals surface area contributed by atoms with Gasteiger partial charge in [0.15, 0.2) is 0 Å². The van der Waals surface area contributed by atoms with Crippen molar-refractivity contribution in [1.82, 2.24) is 4.90 Å². The third-order valence-electron chi connectivity index (χ3n) is 4.07. The van der Waals surface area contributed by atoms with Crippen LogP contribution in [0.3, 0.4) is 0 Å². The van der Waals surface area contributed by atoms with E-state index in [0.717, 1.165) is 19.3 Å². The van der Waals surface area contributed by atoms with Crippen molar-refractivity contribution < 1.29 is 24.6 Å². The Morgan fingerprint density at radius 2 is 1.78 bits per heavy atom. The summed E-state index contributed by atoms with van der Waals surface area (Å²) in [6.45, 7) is 0.0282. The molecule has 6 heteroatoms. The first-order valence-corrected chi connectivity index (χ1v) is 6.24. The summed E-state index contributed by atoms with van der Waals surface area (Å²) in [5.41, 5.74) is -1.17. The Balaban J connectivity index is 2.24. The average molecular weight is 255 g/mol. The highest BCUT2D eigenvalue weighted by atomic mass is 16.4. The van der Waals surface area contributed by atoms with Gasteiger partial charge < -0.3 is 15.1 Å². The molecule has 2 fully saturated rings. The molecule has 0 radical (unpaired) electrons. The molecule has 0 spiro atoms. The fraction of sp³-hybridized carbons (Fsp3) is 0.750. The molecular formula is C12H17NO5. The van der Waals surface area contributed by atoms with E-state index < -0.39 is 23.4 Å². The van der Waals surface area contributed by atoms with Gasteiger partial charge in [0.05, 0.1) is 5.92 Å². The van der Waals surface area contributed by atoms with Crippen LogP contribution < -0.4 is 0 Å². The van der Waals surface area contributed by atoms with Crippen molar-refractivity contribution in [3.8, 4) is 0 Å². The van der Waals surface area contributed by atoms with Gasteiger partial charge in [-0.2, -0.15) is 0 Å². The molecule has 1 heterocycles. The fourth-order valence-corrected chi connectivity index (χ4v) is 3.02. The summed E-state index contributed by atoms with van der Waals surface area (Å²) in [4.78, 5) is 35.7. The van der Waals surface area contributed by atoms with Gasteiger partial charge in [0.25, 0.3) is 0 Å². The molecule has 0 bridgehead atoms. The van der Waals surface area contributed by atoms with E-state index >= 15 is 0 Å². The number of carboxylic acid groups (broad SMARTS) is 2. The Morgan fingerprint density at radius 1 is 1.17 bits per heavy atom. The summed E-state index contributed by atoms with van der Waals surface area (Å²) in [6, 6.07) is 0. The molecule has 1 aliphatic carbocycles. The molecule has 6 nitrogen and oxygen atoms in total. The summed E-state index contributed by atoms with van der Waals surface area (Å²) < 4.78 is 0. The summed E-state index contributed by atoms with van der Waals surface area (Å²) in [5, 5.41) is 18.4. The predicted molar refractivity (Wildman–Crippen MR) is 60.9 cm³/mol. The SMILES string of the molecule is O=C(O)C1CC(=O)N(C2(C(=O)O)CCCCC2)C1. The van der Waals surface area contributed by atoms with Gasteiger partial charge >= 0.3 is 11.9 Å². The highest BCUT2D eigenvalue weighted by molar-refractivity contribution is 5.91. The van der Waals surface area contributed by atoms with Gasteiger partial charge in [-0.15, -0.1) is 0 Å². The molecule has 1 amide bonds. The lowest BCUT2D eigenvalue weighted by Crippen LogP contribution is -2.56. The van der Waals surface area contributed by atoms with Crippen molar-refractivity contribution in [2.75, 3.05) is 6.54 Å². The van der Waals surface area contributed by atoms with Crippen LogP contribution in [0.4, 0.5) is 0 Å². The van der Waals surface area contributed by atoms with E-state index in [1.807, 2.05) is 0 Å². The summed E-state index contributed by atoms with van der Waals surface area (Å²) in [5.74, 6) is -3.13. The molecule has 0 aromatic heterocycles. The molecule has 100 valence electrons. The van der Waals surface area contributed by atoms with Gasteiger partial charge in [0.1, 0.15) is 5.54 Å². The van der Waals surface area contributed by atoms with Crippen LogP contribution in [0.2, 0.25) is 0 Å². The van der Waals surface area contributed by atoms with Gasteiger partial charge in [-0.1, -0.05) is 19.3 Å². The van der Waals surface area contributed by atoms with Crippen LogP contribution in [0.25, 0.3) is 0 Å². The van der Waals surface area contributed by atoms with Crippen molar-refractivity contribution in [1.29, 1.82) is 0 Å². The zero-order chi connectivity index (χ0) is 13.3. The van der Waals surface area contributed by atoms with E-state index in [2.05, 4.69) is 0 Å². The van der Waals surface area contributed by atoms with Crippen molar-refractivity contribution in [2.45, 2.75) is 44.1 Å². The Labute approximate surface area is 105 Å². The van der Waals surface area contributed by atoms with Crippen LogP contribution in [0.5, 0.6) is 0 Å². The molecule has 2 aliphatic rings. The van der Waals surface area contributed by atoms with Crippen molar-refractivity contribution >= 4 is 17.8 Å². The second-order valence-electron chi connectivity index (χ2n) is 5.14. The largest absolute Gasteiger partial charge is 0.481 e. The Morgan fingerprint density at radius 3 is 2.22 bits per heavy atom. The molecule has 0 aromatic carbocycles. The number of likely N-dealkylation sites (tertiary alicyclic amines) is 1. The number of rotatable bonds is 3. The lowest BCUT2D eigenvalue weighted by molar-refractivity contribution is -0.160. The third-order valence-corrected chi connectivity index (χ3v) is 4.07. The van der Waals surface area contributed by atoms with Crippen LogP contribution in [0, 0.1) is 5.92 Å². The maximum Gasteiger partial charge on any atom is 0.329 e. The topological polar surface area (TPSA) is 94.9 Å². The molecule has 1 saturated carbocycles. The summed E-state index contributed by atoms with van der Waals surface area (Å²) >= 11 is 0. The zero-order valence-electron chi connectivity index (χ0n) is 10.1. The normalized spacial score (nSPS) is 27.2. The minimum absolute atomic E-state index is 0.0282. The van der Waals surface area contributed by atoms with Crippen molar-refractivity contribution in [3.63, 3.8) is 0 Å². The Kier molecular flexibility index (Phi) is 3.28. The molecule has 1 saturated heterocycles. The van der Waals surface area contributed by atoms with Crippen LogP contribution in [-0.4, -0.2) is 45.0 Å². The number of carbonyl (C=O) groups is 3. The second-order valence-corrected chi connectivity index (χ2v) is 5.14. The number of hydrogen-bond acceptors (Lipinski definition) is 3. The van der Waals surface area contributed by atoms with E-state index in [1.54, 1.807) is 0 Å². The molecular weight excluding hydrogens is 238 g/mol. The van der Waals surface area contributed by atoms with Gasteiger partial charge in [-0.3, -0.25) is 9.59 Å². The van der Waals surface area contributed by atoms with E-state index in [-0.39, 0.29) is 18.9 Å². The number of nitrogens with zero attached hydrogens (tertiary/aromatic N) is 1. The predicted octanol–water partition coefficient (Wildman–Crippen LogP) is 0.707. The lowest BCUT2D eigenvalue weighted by Gasteiger charge is -2.41. The molecule has 2 N–H and O–H groups in total. The molecule has 1 unspecified atom stereocenters. The van der Waals surface area contributed by atoms with Gasteiger partial charge in [0, 0.05) is 13.0 Å². The lowest BCUT2D eigenvalue weighted by atomic mass is 9.80. The van der Waals surface area contributed by atoms with E-state index in [4.69, 9.17) is 5.11 Å². The fourth-order valence-electron chi connectivity index (χ4n) is 3.02. The third kappa shape index (κ3) is 1.95. The second kappa shape index (κ2) is 4.59. The number of carbonyl (C=O) groups excluding carboxylic acids is 1. The molecule has 2 rings (SSSR count). The van der Waals surface area contributed by atoms with E-state index in [1.165, 1.54) is 4.90 Å². The molecule has 18 heavy (non-hydrogen) atoms. The van der Waals surface area contributed by atoms with Crippen molar-refractivity contribution in [3.05, 3.63) is 0 Å². The van der Waals surface area contributed by atoms with Gasteiger partial charge in [-0.05, 0) is 12.8 Å². The van der Waals surface area contributed by atoms with Gasteiger partial charge in [0.2, 0.25) is 5.91 Å². The Bertz CT molecular complexity index is 386. The van der Waals surface area contributed by atoms with Crippen LogP contribution in [-0.2, 0) is 14.4 Å². The minimum atomic E-state index is -1.17. The first-order chi connectivity index (χ1) is 8.47. The first-order valence-electron chi connectivity index (χ1n) is 6.24. The standard InChI is InChI=1S/C12H17NO5/c14-9-6-8(10(15)16)7-13(9)12(11(17)18)4-2-1-3-5-12/h8H,1-7H2,(H,15,16)(H,17,18). The smallest absolute Gasteiger partial charge is 0.329 e. The molecule has 1 aliphatic heterocycles. The number of hydrogen-bond donors (Lipinski definition) is 2. The summed E-state index contributed by atoms with van der Waals surface area (Å²) in [7, 11) is 0. The Hall–Kier alpha value is -1.59. The number of carboxylic acids is 2. The zero-order valence-corrected chi connectivity index (χ0v) is 10.1. The number of aliphatic carboxylic acids is 2. The summed E-state index contributed by atoms with van der Waals surface area (Å²) in [6.07, 6.45) is 3.30. The van der Waals surface area contributed by atoms with Crippen LogP contribution in [0.1, 0.15) is 38.5 Å². The van der Waals surface area contributed by atoms with Gasteiger partial charge in [-0.25, -0.2) is 4.79 Å². The monoisotopic (exact) mass is 255 g/mol. The average Bonchev–Trinajstić information content (AvgIpc) is 2.72. The van der Waals surface area contributed by atoms with Crippen LogP contribution in [0.15, 0.2) is 0 Å². The minimum Gasteiger partial charge on any atom is -0.481 e. The quantitative estimate of drug-likeness (QED) is 0.774. The first kappa shape index (κ1) is 12.9. The maximum absolute atomic E-state index is 11.9. The highest BCUT2D eigenvalue weighted by Crippen LogP contribution is 2.37. The van der Waals surface area contributed by atoms with E-state index in [9.17, 15) is 19.5 Å². The van der Waals surface area contributed by atoms with Crippen molar-refractivity contribution in [2.24, 2.45) is 5.92 Å². The van der Waals surface area contributed by atoms with Crippen LogP contribution >= 0.6 is 0 Å². The highest BCUT2D eigenvalue weighted by Gasteiger charge is 2.51. The maximum atomic E-state index is 11.9. The number of amides is 1. The molecule has 1 atom stereocenters. The van der Waals surface area contributed by atoms with E-state index in [0.29, 0.717) is 12.8 Å². The molecule has 0 aromatic rings.